The van der Waals surface area contributed by atoms with E-state index in [4.69, 9.17) is 16.9 Å². The number of hydrogen-bond acceptors (Lipinski definition) is 3. The number of anilines is 1. The molecule has 1 aromatic rings. The molecule has 0 unspecified atom stereocenters. The Hall–Kier alpha value is -1.57. The van der Waals surface area contributed by atoms with Crippen molar-refractivity contribution in [1.29, 1.82) is 5.26 Å². The standard InChI is InChI=1S/C14H15ClN2O2/c1-8-12(18)14(2,3)13(19)17(8)10-5-4-9(7-16)11(15)6-10/h4-6,8,12,18H,1-3H3/t8-,12-/m0/s1. The topological polar surface area (TPSA) is 64.3 Å². The van der Waals surface area contributed by atoms with E-state index in [1.54, 1.807) is 39.0 Å². The Morgan fingerprint density at radius 2 is 2.11 bits per heavy atom. The lowest BCUT2D eigenvalue weighted by molar-refractivity contribution is -0.126. The number of amides is 1. The van der Waals surface area contributed by atoms with Gasteiger partial charge in [-0.25, -0.2) is 0 Å². The van der Waals surface area contributed by atoms with E-state index >= 15 is 0 Å². The largest absolute Gasteiger partial charge is 0.390 e. The number of carbonyl (C=O) groups excluding carboxylic acids is 1. The highest BCUT2D eigenvalue weighted by molar-refractivity contribution is 6.32. The van der Waals surface area contributed by atoms with Gasteiger partial charge >= 0.3 is 0 Å². The minimum Gasteiger partial charge on any atom is -0.390 e. The average molecular weight is 279 g/mol. The summed E-state index contributed by atoms with van der Waals surface area (Å²) in [6.45, 7) is 5.24. The quantitative estimate of drug-likeness (QED) is 0.857. The molecule has 1 heterocycles. The lowest BCUT2D eigenvalue weighted by Crippen LogP contribution is -2.34. The highest BCUT2D eigenvalue weighted by atomic mass is 35.5. The zero-order valence-electron chi connectivity index (χ0n) is 11.0. The van der Waals surface area contributed by atoms with Crippen LogP contribution in [-0.2, 0) is 4.79 Å². The third kappa shape index (κ3) is 1.99. The second-order valence-corrected chi connectivity index (χ2v) is 5.77. The van der Waals surface area contributed by atoms with E-state index in [0.29, 0.717) is 16.3 Å². The third-order valence-corrected chi connectivity index (χ3v) is 4.04. The highest BCUT2D eigenvalue weighted by Crippen LogP contribution is 2.39. The number of hydrogen-bond donors (Lipinski definition) is 1. The van der Waals surface area contributed by atoms with Crippen LogP contribution in [-0.4, -0.2) is 23.2 Å². The van der Waals surface area contributed by atoms with Crippen LogP contribution in [0.4, 0.5) is 5.69 Å². The van der Waals surface area contributed by atoms with Gasteiger partial charge in [-0.1, -0.05) is 11.6 Å². The van der Waals surface area contributed by atoms with Crippen molar-refractivity contribution in [2.45, 2.75) is 32.9 Å². The molecule has 1 fully saturated rings. The molecule has 0 spiro atoms. The molecule has 1 aliphatic rings. The maximum Gasteiger partial charge on any atom is 0.235 e. The fourth-order valence-corrected chi connectivity index (χ4v) is 2.68. The molecule has 1 amide bonds. The molecule has 19 heavy (non-hydrogen) atoms. The smallest absolute Gasteiger partial charge is 0.235 e. The second kappa shape index (κ2) is 4.52. The number of halogens is 1. The number of aliphatic hydroxyl groups excluding tert-OH is 1. The van der Waals surface area contributed by atoms with E-state index in [1.165, 1.54) is 4.90 Å². The minimum atomic E-state index is -0.820. The van der Waals surface area contributed by atoms with Gasteiger partial charge in [0.2, 0.25) is 5.91 Å². The van der Waals surface area contributed by atoms with Gasteiger partial charge in [-0.15, -0.1) is 0 Å². The molecule has 2 atom stereocenters. The van der Waals surface area contributed by atoms with Gasteiger partial charge in [0.05, 0.1) is 28.1 Å². The molecule has 0 saturated carbocycles. The maximum atomic E-state index is 12.4. The maximum absolute atomic E-state index is 12.4. The molecule has 0 aromatic heterocycles. The Labute approximate surface area is 117 Å². The first kappa shape index (κ1) is 13.9. The Kier molecular flexibility index (Phi) is 3.29. The van der Waals surface area contributed by atoms with Crippen molar-refractivity contribution in [3.63, 3.8) is 0 Å². The predicted molar refractivity (Wildman–Crippen MR) is 72.9 cm³/mol. The number of aliphatic hydroxyl groups is 1. The summed E-state index contributed by atoms with van der Waals surface area (Å²) in [7, 11) is 0. The van der Waals surface area contributed by atoms with Crippen LogP contribution >= 0.6 is 11.6 Å². The predicted octanol–water partition coefficient (Wildman–Crippen LogP) is 2.33. The summed E-state index contributed by atoms with van der Waals surface area (Å²) >= 11 is 5.99. The van der Waals surface area contributed by atoms with Gasteiger partial charge in [0, 0.05) is 5.69 Å². The van der Waals surface area contributed by atoms with Crippen molar-refractivity contribution in [1.82, 2.24) is 0 Å². The Bertz CT molecular complexity index is 577. The van der Waals surface area contributed by atoms with Crippen LogP contribution < -0.4 is 4.90 Å². The Balaban J connectivity index is 2.46. The van der Waals surface area contributed by atoms with Gasteiger partial charge in [0.1, 0.15) is 6.07 Å². The summed E-state index contributed by atoms with van der Waals surface area (Å²) in [4.78, 5) is 13.9. The summed E-state index contributed by atoms with van der Waals surface area (Å²) in [5.74, 6) is -0.145. The number of benzene rings is 1. The van der Waals surface area contributed by atoms with Crippen molar-refractivity contribution in [3.05, 3.63) is 28.8 Å². The SMILES string of the molecule is C[C@H]1[C@H](O)C(C)(C)C(=O)N1c1ccc(C#N)c(Cl)c1. The Morgan fingerprint density at radius 1 is 1.47 bits per heavy atom. The summed E-state index contributed by atoms with van der Waals surface area (Å²) in [5.41, 5.74) is 0.149. The monoisotopic (exact) mass is 278 g/mol. The molecule has 1 N–H and O–H groups in total. The highest BCUT2D eigenvalue weighted by Gasteiger charge is 2.51. The second-order valence-electron chi connectivity index (χ2n) is 5.36. The van der Waals surface area contributed by atoms with Crippen molar-refractivity contribution in [3.8, 4) is 6.07 Å². The molecule has 0 bridgehead atoms. The molecule has 5 heteroatoms. The summed E-state index contributed by atoms with van der Waals surface area (Å²) in [6.07, 6.45) is -0.741. The van der Waals surface area contributed by atoms with Crippen molar-refractivity contribution in [2.75, 3.05) is 4.90 Å². The zero-order chi connectivity index (χ0) is 14.4. The fourth-order valence-electron chi connectivity index (χ4n) is 2.46. The van der Waals surface area contributed by atoms with Crippen molar-refractivity contribution < 1.29 is 9.90 Å². The number of rotatable bonds is 1. The fraction of sp³-hybridized carbons (Fsp3) is 0.429. The van der Waals surface area contributed by atoms with Gasteiger partial charge < -0.3 is 10.0 Å². The number of nitrogens with zero attached hydrogens (tertiary/aromatic N) is 2. The van der Waals surface area contributed by atoms with E-state index in [1.807, 2.05) is 6.07 Å². The van der Waals surface area contributed by atoms with Crippen LogP contribution in [0, 0.1) is 16.7 Å². The van der Waals surface area contributed by atoms with Gasteiger partial charge in [0.15, 0.2) is 0 Å². The minimum absolute atomic E-state index is 0.145. The van der Waals surface area contributed by atoms with E-state index < -0.39 is 11.5 Å². The average Bonchev–Trinajstić information content (AvgIpc) is 2.51. The van der Waals surface area contributed by atoms with E-state index in [-0.39, 0.29) is 11.9 Å². The molecule has 1 saturated heterocycles. The van der Waals surface area contributed by atoms with E-state index in [2.05, 4.69) is 0 Å². The number of nitriles is 1. The van der Waals surface area contributed by atoms with E-state index in [9.17, 15) is 9.90 Å². The first-order valence-electron chi connectivity index (χ1n) is 6.02. The first-order chi connectivity index (χ1) is 8.80. The summed E-state index contributed by atoms with van der Waals surface area (Å²) < 4.78 is 0. The van der Waals surface area contributed by atoms with Crippen LogP contribution in [0.3, 0.4) is 0 Å². The zero-order valence-corrected chi connectivity index (χ0v) is 11.8. The molecular weight excluding hydrogens is 264 g/mol. The molecule has 1 aromatic carbocycles. The molecule has 0 radical (unpaired) electrons. The molecule has 1 aliphatic heterocycles. The lowest BCUT2D eigenvalue weighted by atomic mass is 9.87. The molecular formula is C14H15ClN2O2. The summed E-state index contributed by atoms with van der Waals surface area (Å²) in [6, 6.07) is 6.49. The van der Waals surface area contributed by atoms with Gasteiger partial charge in [-0.3, -0.25) is 4.79 Å². The molecule has 4 nitrogen and oxygen atoms in total. The van der Waals surface area contributed by atoms with Gasteiger partial charge in [-0.2, -0.15) is 5.26 Å². The van der Waals surface area contributed by atoms with Crippen LogP contribution in [0.25, 0.3) is 0 Å². The summed E-state index contributed by atoms with van der Waals surface area (Å²) in [5, 5.41) is 19.3. The van der Waals surface area contributed by atoms with Crippen LogP contribution in [0.1, 0.15) is 26.3 Å². The van der Waals surface area contributed by atoms with Crippen LogP contribution in [0.2, 0.25) is 5.02 Å². The molecule has 100 valence electrons. The van der Waals surface area contributed by atoms with Gasteiger partial charge in [0.25, 0.3) is 0 Å². The third-order valence-electron chi connectivity index (χ3n) is 3.72. The van der Waals surface area contributed by atoms with Crippen molar-refractivity contribution >= 4 is 23.2 Å². The number of carbonyl (C=O) groups is 1. The van der Waals surface area contributed by atoms with E-state index in [0.717, 1.165) is 0 Å². The molecule has 0 aliphatic carbocycles. The lowest BCUT2D eigenvalue weighted by Gasteiger charge is -2.23. The molecule has 2 rings (SSSR count). The Morgan fingerprint density at radius 3 is 2.53 bits per heavy atom. The normalized spacial score (nSPS) is 25.5. The van der Waals surface area contributed by atoms with Gasteiger partial charge in [-0.05, 0) is 39.0 Å². The van der Waals surface area contributed by atoms with Crippen molar-refractivity contribution in [2.24, 2.45) is 5.41 Å². The van der Waals surface area contributed by atoms with Crippen LogP contribution in [0.15, 0.2) is 18.2 Å². The first-order valence-corrected chi connectivity index (χ1v) is 6.40. The van der Waals surface area contributed by atoms with Crippen LogP contribution in [0.5, 0.6) is 0 Å².